The molecule has 21 heavy (non-hydrogen) atoms. The Hall–Kier alpha value is -1.26. The van der Waals surface area contributed by atoms with Crippen LogP contribution in [0.15, 0.2) is 18.2 Å². The van der Waals surface area contributed by atoms with Gasteiger partial charge in [-0.25, -0.2) is 0 Å². The number of rotatable bonds is 7. The van der Waals surface area contributed by atoms with Crippen molar-refractivity contribution >= 4 is 0 Å². The third-order valence-corrected chi connectivity index (χ3v) is 3.96. The summed E-state index contributed by atoms with van der Waals surface area (Å²) >= 11 is 0. The first kappa shape index (κ1) is 16.1. The lowest BCUT2D eigenvalue weighted by atomic mass is 9.85. The maximum Gasteiger partial charge on any atom is 0.128 e. The quantitative estimate of drug-likeness (QED) is 0.811. The Balaban J connectivity index is 2.02. The highest BCUT2D eigenvalue weighted by atomic mass is 16.5. The number of benzene rings is 1. The largest absolute Gasteiger partial charge is 0.493 e. The molecule has 1 aliphatic carbocycles. The lowest BCUT2D eigenvalue weighted by Crippen LogP contribution is -2.38. The summed E-state index contributed by atoms with van der Waals surface area (Å²) in [6.45, 7) is 2.90. The maximum atomic E-state index is 10.5. The molecule has 2 N–H and O–H groups in total. The summed E-state index contributed by atoms with van der Waals surface area (Å²) in [5.74, 6) is 1.34. The van der Waals surface area contributed by atoms with Gasteiger partial charge in [-0.1, -0.05) is 26.2 Å². The predicted molar refractivity (Wildman–Crippen MR) is 81.7 cm³/mol. The summed E-state index contributed by atoms with van der Waals surface area (Å²) in [5, 5.41) is 19.9. The van der Waals surface area contributed by atoms with Gasteiger partial charge in [0.15, 0.2) is 0 Å². The highest BCUT2D eigenvalue weighted by Gasteiger charge is 2.30. The van der Waals surface area contributed by atoms with Gasteiger partial charge in [-0.05, 0) is 31.4 Å². The molecule has 1 saturated carbocycles. The highest BCUT2D eigenvalue weighted by Crippen LogP contribution is 2.31. The number of hydrogen-bond donors (Lipinski definition) is 2. The average Bonchev–Trinajstić information content (AvgIpc) is 2.52. The van der Waals surface area contributed by atoms with Gasteiger partial charge >= 0.3 is 0 Å². The molecule has 0 heterocycles. The maximum absolute atomic E-state index is 10.5. The lowest BCUT2D eigenvalue weighted by molar-refractivity contribution is -0.0343. The first-order valence-electron chi connectivity index (χ1n) is 7.88. The zero-order chi connectivity index (χ0) is 15.1. The fraction of sp³-hybridized carbons (Fsp3) is 0.647. The molecule has 4 heteroatoms. The first-order valence-corrected chi connectivity index (χ1v) is 7.88. The molecule has 0 saturated heterocycles. The van der Waals surface area contributed by atoms with Crippen molar-refractivity contribution in [2.75, 3.05) is 13.2 Å². The van der Waals surface area contributed by atoms with Crippen LogP contribution in [0.3, 0.4) is 0 Å². The van der Waals surface area contributed by atoms with Crippen molar-refractivity contribution in [3.8, 4) is 11.5 Å². The molecule has 118 valence electrons. The smallest absolute Gasteiger partial charge is 0.128 e. The molecule has 0 aromatic heterocycles. The van der Waals surface area contributed by atoms with Crippen LogP contribution in [-0.2, 0) is 6.61 Å². The highest BCUT2D eigenvalue weighted by molar-refractivity contribution is 5.40. The van der Waals surface area contributed by atoms with E-state index in [9.17, 15) is 10.2 Å². The average molecular weight is 294 g/mol. The minimum Gasteiger partial charge on any atom is -0.493 e. The molecule has 4 nitrogen and oxygen atoms in total. The van der Waals surface area contributed by atoms with Gasteiger partial charge in [0.25, 0.3) is 0 Å². The van der Waals surface area contributed by atoms with Gasteiger partial charge in [0.1, 0.15) is 18.1 Å². The molecule has 0 amide bonds. The van der Waals surface area contributed by atoms with E-state index in [0.29, 0.717) is 12.4 Å². The van der Waals surface area contributed by atoms with E-state index in [1.807, 2.05) is 12.1 Å². The minimum absolute atomic E-state index is 0.0815. The summed E-state index contributed by atoms with van der Waals surface area (Å²) < 4.78 is 11.4. The van der Waals surface area contributed by atoms with Gasteiger partial charge in [-0.3, -0.25) is 0 Å². The fourth-order valence-electron chi connectivity index (χ4n) is 2.68. The summed E-state index contributed by atoms with van der Waals surface area (Å²) in [6, 6.07) is 5.45. The molecule has 2 rings (SSSR count). The van der Waals surface area contributed by atoms with E-state index < -0.39 is 5.60 Å². The van der Waals surface area contributed by atoms with E-state index in [0.717, 1.165) is 43.4 Å². The summed E-state index contributed by atoms with van der Waals surface area (Å²) in [5.41, 5.74) is -0.0103. The van der Waals surface area contributed by atoms with Crippen LogP contribution in [0, 0.1) is 0 Å². The lowest BCUT2D eigenvalue weighted by Gasteiger charge is -2.32. The van der Waals surface area contributed by atoms with E-state index >= 15 is 0 Å². The Labute approximate surface area is 126 Å². The van der Waals surface area contributed by atoms with Crippen LogP contribution in [0.2, 0.25) is 0 Å². The Bertz CT molecular complexity index is 438. The number of aliphatic hydroxyl groups is 2. The van der Waals surface area contributed by atoms with E-state index in [4.69, 9.17) is 9.47 Å². The second kappa shape index (κ2) is 7.66. The third-order valence-electron chi connectivity index (χ3n) is 3.96. The van der Waals surface area contributed by atoms with E-state index in [2.05, 4.69) is 6.92 Å². The van der Waals surface area contributed by atoms with Crippen LogP contribution >= 0.6 is 0 Å². The van der Waals surface area contributed by atoms with E-state index in [1.54, 1.807) is 6.07 Å². The molecule has 0 aliphatic heterocycles. The molecule has 0 spiro atoms. The molecular formula is C17H26O4. The number of aliphatic hydroxyl groups excluding tert-OH is 1. The van der Waals surface area contributed by atoms with Crippen LogP contribution < -0.4 is 9.47 Å². The van der Waals surface area contributed by atoms with Crippen molar-refractivity contribution in [3.05, 3.63) is 23.8 Å². The van der Waals surface area contributed by atoms with Crippen molar-refractivity contribution in [1.82, 2.24) is 0 Å². The Kier molecular flexibility index (Phi) is 5.88. The van der Waals surface area contributed by atoms with Crippen LogP contribution in [0.5, 0.6) is 11.5 Å². The zero-order valence-electron chi connectivity index (χ0n) is 12.8. The number of ether oxygens (including phenoxy) is 2. The fourth-order valence-corrected chi connectivity index (χ4v) is 2.68. The van der Waals surface area contributed by atoms with Gasteiger partial charge in [-0.2, -0.15) is 0 Å². The Morgan fingerprint density at radius 3 is 2.57 bits per heavy atom. The number of hydrogen-bond acceptors (Lipinski definition) is 4. The van der Waals surface area contributed by atoms with Gasteiger partial charge in [-0.15, -0.1) is 0 Å². The molecule has 0 atom stereocenters. The second-order valence-electron chi connectivity index (χ2n) is 5.85. The van der Waals surface area contributed by atoms with Crippen LogP contribution in [0.1, 0.15) is 51.0 Å². The molecular weight excluding hydrogens is 268 g/mol. The predicted octanol–water partition coefficient (Wildman–Crippen LogP) is 3.04. The SMILES string of the molecule is CCCOc1ccc(CO)c(OCC2(O)CCCCC2)c1. The van der Waals surface area contributed by atoms with Crippen molar-refractivity contribution in [2.45, 2.75) is 57.7 Å². The zero-order valence-corrected chi connectivity index (χ0v) is 12.8. The molecule has 1 aromatic carbocycles. The standard InChI is InChI=1S/C17H26O4/c1-2-10-20-15-7-6-14(12-18)16(11-15)21-13-17(19)8-4-3-5-9-17/h6-7,11,18-19H,2-5,8-10,12-13H2,1H3. The summed E-state index contributed by atoms with van der Waals surface area (Å²) in [6.07, 6.45) is 5.79. The topological polar surface area (TPSA) is 58.9 Å². The van der Waals surface area contributed by atoms with Gasteiger partial charge in [0.2, 0.25) is 0 Å². The molecule has 1 aromatic rings. The molecule has 1 aliphatic rings. The molecule has 1 fully saturated rings. The Morgan fingerprint density at radius 1 is 1.14 bits per heavy atom. The van der Waals surface area contributed by atoms with Crippen molar-refractivity contribution in [1.29, 1.82) is 0 Å². The van der Waals surface area contributed by atoms with Crippen LogP contribution in [0.4, 0.5) is 0 Å². The van der Waals surface area contributed by atoms with E-state index in [1.165, 1.54) is 6.42 Å². The van der Waals surface area contributed by atoms with Gasteiger partial charge < -0.3 is 19.7 Å². The molecule has 0 unspecified atom stereocenters. The second-order valence-corrected chi connectivity index (χ2v) is 5.85. The minimum atomic E-state index is -0.731. The summed E-state index contributed by atoms with van der Waals surface area (Å²) in [4.78, 5) is 0. The normalized spacial score (nSPS) is 17.5. The Morgan fingerprint density at radius 2 is 1.90 bits per heavy atom. The molecule has 0 bridgehead atoms. The van der Waals surface area contributed by atoms with Gasteiger partial charge in [0.05, 0.1) is 18.8 Å². The third kappa shape index (κ3) is 4.61. The van der Waals surface area contributed by atoms with Crippen molar-refractivity contribution in [3.63, 3.8) is 0 Å². The van der Waals surface area contributed by atoms with Crippen LogP contribution in [0.25, 0.3) is 0 Å². The van der Waals surface area contributed by atoms with Crippen molar-refractivity contribution in [2.24, 2.45) is 0 Å². The summed E-state index contributed by atoms with van der Waals surface area (Å²) in [7, 11) is 0. The first-order chi connectivity index (χ1) is 10.2. The van der Waals surface area contributed by atoms with Crippen molar-refractivity contribution < 1.29 is 19.7 Å². The molecule has 0 radical (unpaired) electrons. The van der Waals surface area contributed by atoms with Crippen LogP contribution in [-0.4, -0.2) is 29.0 Å². The van der Waals surface area contributed by atoms with Gasteiger partial charge in [0, 0.05) is 11.6 Å². The van der Waals surface area contributed by atoms with E-state index in [-0.39, 0.29) is 13.2 Å². The monoisotopic (exact) mass is 294 g/mol.